The van der Waals surface area contributed by atoms with Gasteiger partial charge in [0.25, 0.3) is 0 Å². The second-order valence-electron chi connectivity index (χ2n) is 7.56. The van der Waals surface area contributed by atoms with E-state index in [1.54, 1.807) is 0 Å². The molecule has 36 heavy (non-hydrogen) atoms. The fourth-order valence-electron chi connectivity index (χ4n) is 2.69. The first-order valence-electron chi connectivity index (χ1n) is 9.90. The minimum atomic E-state index is -4.67. The van der Waals surface area contributed by atoms with Crippen LogP contribution in [-0.4, -0.2) is 130 Å². The highest BCUT2D eigenvalue weighted by atomic mass is 31.2. The summed E-state index contributed by atoms with van der Waals surface area (Å²) in [5.41, 5.74) is 0. The maximum Gasteiger partial charge on any atom is 0.341 e. The van der Waals surface area contributed by atoms with E-state index in [2.05, 4.69) is 18.1 Å². The lowest BCUT2D eigenvalue weighted by atomic mass is 10.4. The largest absolute Gasteiger partial charge is 0.341 e. The molecule has 0 radical (unpaired) electrons. The summed E-state index contributed by atoms with van der Waals surface area (Å²) in [6, 6.07) is 0. The lowest BCUT2D eigenvalue weighted by molar-refractivity contribution is 0.189. The van der Waals surface area contributed by atoms with Crippen molar-refractivity contribution in [2.24, 2.45) is 0 Å². The van der Waals surface area contributed by atoms with Crippen LogP contribution in [0, 0.1) is 0 Å². The van der Waals surface area contributed by atoms with Crippen molar-refractivity contribution in [2.45, 2.75) is 0 Å². The van der Waals surface area contributed by atoms with E-state index in [4.69, 9.17) is 0 Å². The maximum atomic E-state index is 12.2. The predicted molar refractivity (Wildman–Crippen MR) is 129 cm³/mol. The van der Waals surface area contributed by atoms with Gasteiger partial charge < -0.3 is 47.5 Å². The minimum Gasteiger partial charge on any atom is -0.324 e. The number of hydrogen-bond acceptors (Lipinski definition) is 12. The summed E-state index contributed by atoms with van der Waals surface area (Å²) in [4.78, 5) is 61.1. The van der Waals surface area contributed by atoms with E-state index in [0.29, 0.717) is 0 Å². The number of rotatable bonds is 20. The molecule has 0 aromatic heterocycles. The smallest absolute Gasteiger partial charge is 0.324 e. The summed E-state index contributed by atoms with van der Waals surface area (Å²) < 4.78 is 77.6. The van der Waals surface area contributed by atoms with Crippen LogP contribution in [-0.2, 0) is 40.9 Å². The summed E-state index contributed by atoms with van der Waals surface area (Å²) in [5, 5.41) is 0. The van der Waals surface area contributed by atoms with Crippen LogP contribution in [0.5, 0.6) is 0 Å². The summed E-state index contributed by atoms with van der Waals surface area (Å²) in [5.74, 6) is 0. The molecule has 0 spiro atoms. The van der Waals surface area contributed by atoms with Crippen molar-refractivity contribution in [1.29, 1.82) is 0 Å². The number of nitrogens with zero attached hydrogens (tertiary/aromatic N) is 3. The Bertz CT molecular complexity index is 890. The van der Waals surface area contributed by atoms with E-state index in [1.165, 1.54) is 4.90 Å². The van der Waals surface area contributed by atoms with Crippen molar-refractivity contribution in [1.82, 2.24) is 14.7 Å². The first-order chi connectivity index (χ1) is 16.2. The molecule has 0 bridgehead atoms. The molecular formula is C13H36N3O15P5. The second-order valence-corrected chi connectivity index (χ2v) is 16.9. The molecule has 0 saturated heterocycles. The molecule has 23 heteroatoms. The van der Waals surface area contributed by atoms with Gasteiger partial charge in [-0.25, -0.2) is 0 Å². The summed E-state index contributed by atoms with van der Waals surface area (Å²) in [7, 11) is -17.6. The van der Waals surface area contributed by atoms with Crippen LogP contribution < -0.4 is 0 Å². The molecule has 4 atom stereocenters. The van der Waals surface area contributed by atoms with Gasteiger partial charge in [0, 0.05) is 54.6 Å². The SMILES string of the molecule is COP(=O)(O)CN(CCN(CP(=O)(O)O)CP(=O)(O)OC)CCN(CP(=O)(O)OC)CP(=O)(O)OC. The Labute approximate surface area is 209 Å². The molecule has 0 aliphatic carbocycles. The molecule has 0 heterocycles. The molecule has 4 unspecified atom stereocenters. The van der Waals surface area contributed by atoms with E-state index in [9.17, 15) is 52.2 Å². The standard InChI is InChI=1S/C13H36N3O15P5/c1-28-33(20,21)10-14(5-7-15(9-32(17,18)19)11-34(22,23)29-2)6-8-16(12-35(24,25)30-3)13-36(26,27)31-4/h5-13H2,1-4H3,(H,20,21)(H,22,23)(H,24,25)(H,26,27)(H2,17,18,19). The first-order valence-corrected chi connectivity index (χ1v) is 18.8. The van der Waals surface area contributed by atoms with Crippen LogP contribution in [0.2, 0.25) is 0 Å². The van der Waals surface area contributed by atoms with Crippen LogP contribution >= 0.6 is 38.0 Å². The highest BCUT2D eigenvalue weighted by Crippen LogP contribution is 2.47. The summed E-state index contributed by atoms with van der Waals surface area (Å²) in [6.07, 6.45) is -3.63. The van der Waals surface area contributed by atoms with Crippen LogP contribution in [0.4, 0.5) is 0 Å². The van der Waals surface area contributed by atoms with E-state index in [0.717, 1.165) is 38.2 Å². The van der Waals surface area contributed by atoms with Crippen molar-refractivity contribution >= 4 is 38.0 Å². The van der Waals surface area contributed by atoms with Gasteiger partial charge in [-0.1, -0.05) is 0 Å². The Morgan fingerprint density at radius 1 is 0.444 bits per heavy atom. The average Bonchev–Trinajstić information content (AvgIpc) is 2.73. The van der Waals surface area contributed by atoms with E-state index < -0.39 is 69.4 Å². The lowest BCUT2D eigenvalue weighted by Crippen LogP contribution is -2.41. The van der Waals surface area contributed by atoms with Gasteiger partial charge in [-0.2, -0.15) is 0 Å². The normalized spacial score (nSPS) is 19.7. The molecule has 0 aliphatic heterocycles. The summed E-state index contributed by atoms with van der Waals surface area (Å²) in [6.45, 7) is -0.879. The lowest BCUT2D eigenvalue weighted by Gasteiger charge is -2.31. The third-order valence-electron chi connectivity index (χ3n) is 4.51. The van der Waals surface area contributed by atoms with Crippen LogP contribution in [0.25, 0.3) is 0 Å². The Kier molecular flexibility index (Phi) is 15.7. The monoisotopic (exact) mass is 629 g/mol. The highest BCUT2D eigenvalue weighted by molar-refractivity contribution is 7.54. The third kappa shape index (κ3) is 17.3. The number of hydrogen-bond donors (Lipinski definition) is 6. The van der Waals surface area contributed by atoms with Crippen molar-refractivity contribution < 1.29 is 70.3 Å². The van der Waals surface area contributed by atoms with Gasteiger partial charge in [0.05, 0.1) is 0 Å². The molecule has 0 aromatic rings. The molecule has 6 N–H and O–H groups in total. The van der Waals surface area contributed by atoms with Gasteiger partial charge in [-0.15, -0.1) is 0 Å². The van der Waals surface area contributed by atoms with E-state index in [1.807, 2.05) is 0 Å². The van der Waals surface area contributed by atoms with Gasteiger partial charge in [0.1, 0.15) is 31.4 Å². The fraction of sp³-hybridized carbons (Fsp3) is 1.00. The zero-order chi connectivity index (χ0) is 28.4. The second kappa shape index (κ2) is 15.4. The third-order valence-corrected chi connectivity index (χ3v) is 10.6. The van der Waals surface area contributed by atoms with Gasteiger partial charge in [-0.05, 0) is 0 Å². The average molecular weight is 629 g/mol. The predicted octanol–water partition coefficient (Wildman–Crippen LogP) is 0.185. The van der Waals surface area contributed by atoms with Crippen molar-refractivity contribution in [3.63, 3.8) is 0 Å². The minimum absolute atomic E-state index is 0.174. The van der Waals surface area contributed by atoms with E-state index >= 15 is 0 Å². The van der Waals surface area contributed by atoms with Crippen LogP contribution in [0.15, 0.2) is 0 Å². The maximum absolute atomic E-state index is 12.2. The van der Waals surface area contributed by atoms with E-state index in [-0.39, 0.29) is 26.2 Å². The molecule has 0 fully saturated rings. The van der Waals surface area contributed by atoms with Crippen molar-refractivity contribution in [2.75, 3.05) is 86.0 Å². The Morgan fingerprint density at radius 3 is 0.917 bits per heavy atom. The Balaban J connectivity index is 5.73. The fourth-order valence-corrected chi connectivity index (χ4v) is 7.26. The molecule has 0 saturated carbocycles. The van der Waals surface area contributed by atoms with Gasteiger partial charge >= 0.3 is 38.0 Å². The molecule has 0 amide bonds. The van der Waals surface area contributed by atoms with Crippen molar-refractivity contribution in [3.8, 4) is 0 Å². The first kappa shape index (κ1) is 36.6. The van der Waals surface area contributed by atoms with Gasteiger partial charge in [0.2, 0.25) is 0 Å². The molecule has 18 nitrogen and oxygen atoms in total. The molecular weight excluding hydrogens is 593 g/mol. The zero-order valence-electron chi connectivity index (χ0n) is 20.3. The quantitative estimate of drug-likeness (QED) is 0.0982. The van der Waals surface area contributed by atoms with Gasteiger partial charge in [0.15, 0.2) is 0 Å². The molecule has 218 valence electrons. The highest BCUT2D eigenvalue weighted by Gasteiger charge is 2.31. The van der Waals surface area contributed by atoms with Gasteiger partial charge in [-0.3, -0.25) is 37.5 Å². The van der Waals surface area contributed by atoms with Crippen LogP contribution in [0.3, 0.4) is 0 Å². The molecule has 0 aliphatic rings. The zero-order valence-corrected chi connectivity index (χ0v) is 24.8. The van der Waals surface area contributed by atoms with Crippen LogP contribution in [0.1, 0.15) is 0 Å². The van der Waals surface area contributed by atoms with Crippen molar-refractivity contribution in [3.05, 3.63) is 0 Å². The Hall–Kier alpha value is 0.630. The summed E-state index contributed by atoms with van der Waals surface area (Å²) >= 11 is 0. The molecule has 0 rings (SSSR count). The molecule has 0 aromatic carbocycles. The topological polar surface area (TPSA) is 253 Å². The Morgan fingerprint density at radius 2 is 0.667 bits per heavy atom.